The molecule has 3 heterocycles. The van der Waals surface area contributed by atoms with Gasteiger partial charge in [-0.3, -0.25) is 0 Å². The first-order chi connectivity index (χ1) is 27.0. The summed E-state index contributed by atoms with van der Waals surface area (Å²) in [5.41, 5.74) is 10.5. The Bertz CT molecular complexity index is 3550. The molecule has 5 heteroatoms. The van der Waals surface area contributed by atoms with Gasteiger partial charge in [0, 0.05) is 33.3 Å². The lowest BCUT2D eigenvalue weighted by molar-refractivity contribution is 0.598. The molecule has 0 radical (unpaired) electrons. The first-order valence-electron chi connectivity index (χ1n) is 18.5. The lowest BCUT2D eigenvalue weighted by Crippen LogP contribution is -1.96. The fraction of sp³-hybridized carbons (Fsp3) is 0. The highest BCUT2D eigenvalue weighted by atomic mass is 32.2. The summed E-state index contributed by atoms with van der Waals surface area (Å²) in [6, 6.07) is 63.4. The number of nitrogens with zero attached hydrogens (tertiary/aromatic N) is 2. The van der Waals surface area contributed by atoms with E-state index in [4.69, 9.17) is 0 Å². The zero-order valence-electron chi connectivity index (χ0n) is 29.4. The molecule has 1 aliphatic rings. The van der Waals surface area contributed by atoms with Gasteiger partial charge in [-0.2, -0.15) is 0 Å². The minimum absolute atomic E-state index is 0.379. The third-order valence-corrected chi connectivity index (χ3v) is 13.4. The van der Waals surface area contributed by atoms with Gasteiger partial charge < -0.3 is 9.13 Å². The average Bonchev–Trinajstić information content (AvgIpc) is 3.82. The van der Waals surface area contributed by atoms with Gasteiger partial charge in [-0.15, -0.1) is 0 Å². The van der Waals surface area contributed by atoms with Gasteiger partial charge in [0.15, 0.2) is 0 Å². The Balaban J connectivity index is 1.05. The van der Waals surface area contributed by atoms with Crippen molar-refractivity contribution in [3.8, 4) is 33.6 Å². The van der Waals surface area contributed by atoms with Crippen molar-refractivity contribution in [2.75, 3.05) is 0 Å². The second-order valence-corrected chi connectivity index (χ2v) is 16.4. The van der Waals surface area contributed by atoms with Crippen molar-refractivity contribution in [2.45, 2.75) is 9.79 Å². The summed E-state index contributed by atoms with van der Waals surface area (Å²) in [4.78, 5) is 0.760. The SMILES string of the molecule is O=S1(=O)c2ccccc2-c2c(-c3ccc4cc5cc6ccc(-n7c8ccccc8c8c7c7ccccc7n8-c7ccccc7)cc6cc5cc4c3)cccc21. The number of aromatic nitrogens is 2. The highest BCUT2D eigenvalue weighted by Gasteiger charge is 2.34. The van der Waals surface area contributed by atoms with E-state index >= 15 is 0 Å². The van der Waals surface area contributed by atoms with Gasteiger partial charge in [0.1, 0.15) is 0 Å². The Morgan fingerprint density at radius 2 is 0.891 bits per heavy atom. The molecule has 0 amide bonds. The molecule has 4 nitrogen and oxygen atoms in total. The number of hydrogen-bond donors (Lipinski definition) is 0. The number of rotatable bonds is 3. The molecule has 11 aromatic rings. The molecule has 0 N–H and O–H groups in total. The maximum Gasteiger partial charge on any atom is 0.207 e. The Morgan fingerprint density at radius 3 is 1.62 bits per heavy atom. The van der Waals surface area contributed by atoms with Crippen LogP contribution in [0, 0.1) is 0 Å². The second kappa shape index (κ2) is 11.0. The van der Waals surface area contributed by atoms with Crippen LogP contribution in [0.3, 0.4) is 0 Å². The predicted molar refractivity (Wildman–Crippen MR) is 226 cm³/mol. The van der Waals surface area contributed by atoms with E-state index in [1.54, 1.807) is 18.2 Å². The third-order valence-electron chi connectivity index (χ3n) is 11.6. The van der Waals surface area contributed by atoms with Crippen molar-refractivity contribution in [3.63, 3.8) is 0 Å². The van der Waals surface area contributed by atoms with E-state index in [2.05, 4.69) is 149 Å². The van der Waals surface area contributed by atoms with Gasteiger partial charge in [0.05, 0.1) is 31.9 Å². The van der Waals surface area contributed by atoms with Crippen LogP contribution in [0.1, 0.15) is 0 Å². The van der Waals surface area contributed by atoms with Gasteiger partial charge in [0.25, 0.3) is 0 Å². The lowest BCUT2D eigenvalue weighted by Gasteiger charge is -2.12. The summed E-state index contributed by atoms with van der Waals surface area (Å²) in [6.07, 6.45) is 0. The zero-order valence-corrected chi connectivity index (χ0v) is 30.3. The molecule has 0 spiro atoms. The molecule has 9 aromatic carbocycles. The number of sulfone groups is 1. The second-order valence-electron chi connectivity index (χ2n) is 14.6. The van der Waals surface area contributed by atoms with Gasteiger partial charge in [-0.05, 0) is 122 Å². The van der Waals surface area contributed by atoms with Crippen molar-refractivity contribution in [2.24, 2.45) is 0 Å². The van der Waals surface area contributed by atoms with Crippen molar-refractivity contribution in [3.05, 3.63) is 182 Å². The number of fused-ring (bicyclic) bond motifs is 11. The highest BCUT2D eigenvalue weighted by Crippen LogP contribution is 2.48. The maximum absolute atomic E-state index is 13.5. The largest absolute Gasteiger partial charge is 0.307 e. The van der Waals surface area contributed by atoms with Gasteiger partial charge in [-0.25, -0.2) is 8.42 Å². The standard InChI is InChI=1S/C50H30N2O2S/c53-55(54)46-19-9-6-15-43(46)48-40(16-10-20-47(48)55)33-22-21-31-25-35-26-32-23-24-39(30-37(32)29-36(35)28-34(31)27-33)52-45-18-8-5-14-42(45)49-50(52)41-13-4-7-17-44(41)51(49)38-11-2-1-3-12-38/h1-30H. The summed E-state index contributed by atoms with van der Waals surface area (Å²) in [6.45, 7) is 0. The molecule has 0 fully saturated rings. The monoisotopic (exact) mass is 722 g/mol. The van der Waals surface area contributed by atoms with Gasteiger partial charge >= 0.3 is 0 Å². The lowest BCUT2D eigenvalue weighted by atomic mass is 9.92. The fourth-order valence-electron chi connectivity index (χ4n) is 9.14. The van der Waals surface area contributed by atoms with Crippen LogP contribution in [-0.2, 0) is 9.84 Å². The normalized spacial score (nSPS) is 13.4. The summed E-state index contributed by atoms with van der Waals surface area (Å²) in [7, 11) is -3.56. The Morgan fingerprint density at radius 1 is 0.364 bits per heavy atom. The average molecular weight is 723 g/mol. The molecular weight excluding hydrogens is 693 g/mol. The predicted octanol–water partition coefficient (Wildman–Crippen LogP) is 12.7. The van der Waals surface area contributed by atoms with Crippen LogP contribution in [0.15, 0.2) is 192 Å². The van der Waals surface area contributed by atoms with Crippen molar-refractivity contribution in [1.29, 1.82) is 0 Å². The van der Waals surface area contributed by atoms with E-state index in [-0.39, 0.29) is 0 Å². The summed E-state index contributed by atoms with van der Waals surface area (Å²) in [5, 5.41) is 9.37. The topological polar surface area (TPSA) is 44.0 Å². The zero-order chi connectivity index (χ0) is 36.4. The molecule has 0 saturated carbocycles. The third kappa shape index (κ3) is 4.24. The van der Waals surface area contributed by atoms with E-state index in [0.29, 0.717) is 9.79 Å². The van der Waals surface area contributed by atoms with Gasteiger partial charge in [0.2, 0.25) is 9.84 Å². The number of para-hydroxylation sites is 3. The van der Waals surface area contributed by atoms with Crippen LogP contribution < -0.4 is 0 Å². The first-order valence-corrected chi connectivity index (χ1v) is 20.0. The molecule has 2 aromatic heterocycles. The van der Waals surface area contributed by atoms with E-state index in [0.717, 1.165) is 49.8 Å². The summed E-state index contributed by atoms with van der Waals surface area (Å²) < 4.78 is 31.8. The molecule has 12 rings (SSSR count). The molecule has 0 unspecified atom stereocenters. The molecule has 1 aliphatic heterocycles. The summed E-state index contributed by atoms with van der Waals surface area (Å²) >= 11 is 0. The van der Waals surface area contributed by atoms with Crippen molar-refractivity contribution >= 4 is 75.0 Å². The van der Waals surface area contributed by atoms with Crippen LogP contribution in [0.2, 0.25) is 0 Å². The fourth-order valence-corrected chi connectivity index (χ4v) is 10.8. The van der Waals surface area contributed by atoms with Crippen LogP contribution in [0.5, 0.6) is 0 Å². The Kier molecular flexibility index (Phi) is 6.13. The van der Waals surface area contributed by atoms with E-state index in [1.165, 1.54) is 49.0 Å². The van der Waals surface area contributed by atoms with Crippen LogP contribution in [0.25, 0.3) is 98.8 Å². The molecular formula is C50H30N2O2S. The van der Waals surface area contributed by atoms with Crippen LogP contribution >= 0.6 is 0 Å². The van der Waals surface area contributed by atoms with E-state index < -0.39 is 9.84 Å². The van der Waals surface area contributed by atoms with Crippen LogP contribution in [0.4, 0.5) is 0 Å². The van der Waals surface area contributed by atoms with Crippen LogP contribution in [-0.4, -0.2) is 17.6 Å². The first kappa shape index (κ1) is 30.5. The Hall–Kier alpha value is -6.95. The van der Waals surface area contributed by atoms with E-state index in [9.17, 15) is 8.42 Å². The van der Waals surface area contributed by atoms with Crippen molar-refractivity contribution in [1.82, 2.24) is 9.13 Å². The molecule has 0 aliphatic carbocycles. The van der Waals surface area contributed by atoms with Gasteiger partial charge in [-0.1, -0.05) is 103 Å². The number of hydrogen-bond acceptors (Lipinski definition) is 2. The molecule has 55 heavy (non-hydrogen) atoms. The summed E-state index contributed by atoms with van der Waals surface area (Å²) in [5.74, 6) is 0. The molecule has 258 valence electrons. The van der Waals surface area contributed by atoms with Crippen molar-refractivity contribution < 1.29 is 8.42 Å². The quantitative estimate of drug-likeness (QED) is 0.170. The number of benzene rings is 9. The maximum atomic E-state index is 13.5. The smallest absolute Gasteiger partial charge is 0.207 e. The highest BCUT2D eigenvalue weighted by molar-refractivity contribution is 7.92. The molecule has 0 bridgehead atoms. The van der Waals surface area contributed by atoms with E-state index in [1.807, 2.05) is 24.3 Å². The minimum atomic E-state index is -3.56. The molecule has 0 atom stereocenters. The molecule has 0 saturated heterocycles. The minimum Gasteiger partial charge on any atom is -0.307 e. The Labute approximate surface area is 316 Å².